The second kappa shape index (κ2) is 3.47. The van der Waals surface area contributed by atoms with Crippen molar-refractivity contribution in [3.05, 3.63) is 0 Å². The van der Waals surface area contributed by atoms with Gasteiger partial charge in [0.2, 0.25) is 5.91 Å². The lowest BCUT2D eigenvalue weighted by molar-refractivity contribution is -0.136. The molecule has 0 spiro atoms. The van der Waals surface area contributed by atoms with Crippen LogP contribution in [-0.4, -0.2) is 36.0 Å². The molecule has 3 heteroatoms. The monoisotopic (exact) mass is 234 g/mol. The van der Waals surface area contributed by atoms with Crippen LogP contribution in [0, 0.1) is 23.7 Å². The Morgan fingerprint density at radius 1 is 1.24 bits per heavy atom. The van der Waals surface area contributed by atoms with Crippen LogP contribution in [0.3, 0.4) is 0 Å². The number of nitrogens with zero attached hydrogens (tertiary/aromatic N) is 1. The Kier molecular flexibility index (Phi) is 2.11. The highest BCUT2D eigenvalue weighted by Gasteiger charge is 2.59. The summed E-state index contributed by atoms with van der Waals surface area (Å²) in [4.78, 5) is 14.9. The van der Waals surface area contributed by atoms with E-state index in [1.165, 1.54) is 25.7 Å². The number of nitrogens with one attached hydrogen (secondary N) is 1. The summed E-state index contributed by atoms with van der Waals surface area (Å²) in [5.41, 5.74) is 0. The Balaban J connectivity index is 1.52. The first-order valence-corrected chi connectivity index (χ1v) is 7.30. The average Bonchev–Trinajstić information content (AvgIpc) is 2.73. The summed E-state index contributed by atoms with van der Waals surface area (Å²) in [5, 5.41) is 3.45. The molecule has 4 fully saturated rings. The summed E-state index contributed by atoms with van der Waals surface area (Å²) in [6.07, 6.45) is 5.21. The Morgan fingerprint density at radius 3 is 2.76 bits per heavy atom. The zero-order chi connectivity index (χ0) is 11.6. The van der Waals surface area contributed by atoms with Gasteiger partial charge < -0.3 is 10.2 Å². The van der Waals surface area contributed by atoms with Gasteiger partial charge in [0.25, 0.3) is 0 Å². The van der Waals surface area contributed by atoms with Crippen molar-refractivity contribution >= 4 is 5.91 Å². The molecule has 1 amide bonds. The number of amides is 1. The van der Waals surface area contributed by atoms with E-state index in [1.807, 2.05) is 0 Å². The van der Waals surface area contributed by atoms with Crippen LogP contribution in [0.1, 0.15) is 32.6 Å². The summed E-state index contributed by atoms with van der Waals surface area (Å²) in [6.45, 7) is 4.40. The van der Waals surface area contributed by atoms with Gasteiger partial charge in [-0.05, 0) is 43.9 Å². The minimum atomic E-state index is 0.422. The normalized spacial score (nSPS) is 51.5. The van der Waals surface area contributed by atoms with Crippen LogP contribution >= 0.6 is 0 Å². The molecule has 2 heterocycles. The van der Waals surface area contributed by atoms with E-state index < -0.39 is 0 Å². The van der Waals surface area contributed by atoms with Crippen molar-refractivity contribution in [3.8, 4) is 0 Å². The molecule has 2 aliphatic heterocycles. The van der Waals surface area contributed by atoms with Crippen molar-refractivity contribution in [2.24, 2.45) is 23.7 Å². The Bertz CT molecular complexity index is 346. The fourth-order valence-corrected chi connectivity index (χ4v) is 4.90. The van der Waals surface area contributed by atoms with Crippen molar-refractivity contribution < 1.29 is 4.79 Å². The van der Waals surface area contributed by atoms with Gasteiger partial charge in [-0.15, -0.1) is 0 Å². The molecule has 0 aromatic rings. The van der Waals surface area contributed by atoms with E-state index in [2.05, 4.69) is 17.1 Å². The molecular formula is C14H22N2O. The Morgan fingerprint density at radius 2 is 2.00 bits per heavy atom. The minimum absolute atomic E-state index is 0.422. The smallest absolute Gasteiger partial charge is 0.226 e. The SMILES string of the molecule is CC1CC2CNCC2N1C(=O)C1C2CCCC21. The van der Waals surface area contributed by atoms with Gasteiger partial charge in [-0.2, -0.15) is 0 Å². The van der Waals surface area contributed by atoms with Gasteiger partial charge in [0, 0.05) is 31.1 Å². The van der Waals surface area contributed by atoms with Crippen LogP contribution in [0.25, 0.3) is 0 Å². The van der Waals surface area contributed by atoms with Gasteiger partial charge in [0.1, 0.15) is 0 Å². The number of hydrogen-bond acceptors (Lipinski definition) is 2. The zero-order valence-electron chi connectivity index (χ0n) is 10.6. The Labute approximate surface area is 103 Å². The van der Waals surface area contributed by atoms with Gasteiger partial charge >= 0.3 is 0 Å². The highest BCUT2D eigenvalue weighted by atomic mass is 16.2. The van der Waals surface area contributed by atoms with E-state index in [0.717, 1.165) is 30.8 Å². The van der Waals surface area contributed by atoms with Crippen LogP contribution in [-0.2, 0) is 4.79 Å². The second-order valence-corrected chi connectivity index (χ2v) is 6.60. The largest absolute Gasteiger partial charge is 0.335 e. The van der Waals surface area contributed by atoms with Crippen LogP contribution in [0.2, 0.25) is 0 Å². The minimum Gasteiger partial charge on any atom is -0.335 e. The maximum Gasteiger partial charge on any atom is 0.226 e. The fourth-order valence-electron chi connectivity index (χ4n) is 4.90. The van der Waals surface area contributed by atoms with Crippen LogP contribution in [0.5, 0.6) is 0 Å². The van der Waals surface area contributed by atoms with Gasteiger partial charge in [-0.3, -0.25) is 4.79 Å². The predicted octanol–water partition coefficient (Wildman–Crippen LogP) is 1.24. The van der Waals surface area contributed by atoms with E-state index in [9.17, 15) is 4.79 Å². The number of carbonyl (C=O) groups is 1. The molecule has 3 nitrogen and oxygen atoms in total. The quantitative estimate of drug-likeness (QED) is 0.740. The highest BCUT2D eigenvalue weighted by Crippen LogP contribution is 2.58. The van der Waals surface area contributed by atoms with Gasteiger partial charge in [-0.25, -0.2) is 0 Å². The van der Waals surface area contributed by atoms with Crippen LogP contribution < -0.4 is 5.32 Å². The maximum absolute atomic E-state index is 12.7. The molecule has 5 unspecified atom stereocenters. The second-order valence-electron chi connectivity index (χ2n) is 6.60. The molecule has 5 atom stereocenters. The number of hydrogen-bond donors (Lipinski definition) is 1. The predicted molar refractivity (Wildman–Crippen MR) is 65.4 cm³/mol. The van der Waals surface area contributed by atoms with Gasteiger partial charge in [0.15, 0.2) is 0 Å². The van der Waals surface area contributed by atoms with Crippen molar-refractivity contribution in [2.75, 3.05) is 13.1 Å². The average molecular weight is 234 g/mol. The molecular weight excluding hydrogens is 212 g/mol. The highest BCUT2D eigenvalue weighted by molar-refractivity contribution is 5.83. The molecule has 0 aromatic carbocycles. The van der Waals surface area contributed by atoms with E-state index in [-0.39, 0.29) is 0 Å². The van der Waals surface area contributed by atoms with E-state index in [4.69, 9.17) is 0 Å². The molecule has 1 N–H and O–H groups in total. The molecule has 94 valence electrons. The molecule has 0 radical (unpaired) electrons. The van der Waals surface area contributed by atoms with E-state index in [0.29, 0.717) is 23.9 Å². The summed E-state index contributed by atoms with van der Waals surface area (Å²) in [6, 6.07) is 1.000. The van der Waals surface area contributed by atoms with Gasteiger partial charge in [-0.1, -0.05) is 6.42 Å². The number of fused-ring (bicyclic) bond motifs is 2. The van der Waals surface area contributed by atoms with Crippen molar-refractivity contribution in [1.29, 1.82) is 0 Å². The van der Waals surface area contributed by atoms with E-state index >= 15 is 0 Å². The maximum atomic E-state index is 12.7. The standard InChI is InChI=1S/C14H22N2O/c1-8-5-9-6-15-7-12(9)16(8)14(17)13-10-3-2-4-11(10)13/h8-13,15H,2-7H2,1H3. The first kappa shape index (κ1) is 10.4. The Hall–Kier alpha value is -0.570. The lowest BCUT2D eigenvalue weighted by Crippen LogP contribution is -2.44. The number of carbonyl (C=O) groups excluding carboxylic acids is 1. The molecule has 4 aliphatic rings. The topological polar surface area (TPSA) is 32.3 Å². The molecule has 17 heavy (non-hydrogen) atoms. The summed E-state index contributed by atoms with van der Waals surface area (Å²) >= 11 is 0. The molecule has 2 saturated heterocycles. The van der Waals surface area contributed by atoms with Crippen LogP contribution in [0.4, 0.5) is 0 Å². The fraction of sp³-hybridized carbons (Fsp3) is 0.929. The van der Waals surface area contributed by atoms with Crippen LogP contribution in [0.15, 0.2) is 0 Å². The lowest BCUT2D eigenvalue weighted by atomic mass is 10.0. The summed E-state index contributed by atoms with van der Waals surface area (Å²) in [5.74, 6) is 3.19. The first-order valence-electron chi connectivity index (χ1n) is 7.30. The third kappa shape index (κ3) is 1.35. The third-order valence-electron chi connectivity index (χ3n) is 5.73. The third-order valence-corrected chi connectivity index (χ3v) is 5.73. The summed E-state index contributed by atoms with van der Waals surface area (Å²) < 4.78 is 0. The number of likely N-dealkylation sites (tertiary alicyclic amines) is 1. The van der Waals surface area contributed by atoms with Crippen molar-refractivity contribution in [3.63, 3.8) is 0 Å². The van der Waals surface area contributed by atoms with E-state index in [1.54, 1.807) is 0 Å². The lowest BCUT2D eigenvalue weighted by Gasteiger charge is -2.28. The molecule has 4 rings (SSSR count). The molecule has 0 bridgehead atoms. The zero-order valence-corrected chi connectivity index (χ0v) is 10.6. The van der Waals surface area contributed by atoms with Crippen molar-refractivity contribution in [2.45, 2.75) is 44.7 Å². The summed E-state index contributed by atoms with van der Waals surface area (Å²) in [7, 11) is 0. The molecule has 0 aromatic heterocycles. The van der Waals surface area contributed by atoms with Crippen molar-refractivity contribution in [1.82, 2.24) is 10.2 Å². The van der Waals surface area contributed by atoms with Gasteiger partial charge in [0.05, 0.1) is 0 Å². The molecule has 2 saturated carbocycles. The first-order chi connectivity index (χ1) is 8.27. The number of rotatable bonds is 1. The molecule has 2 aliphatic carbocycles.